The predicted molar refractivity (Wildman–Crippen MR) is 182 cm³/mol. The molecule has 0 amide bonds. The lowest BCUT2D eigenvalue weighted by Crippen LogP contribution is -2.30. The molecule has 298 valence electrons. The molecular weight excluding hydrogens is 663 g/mol. The highest BCUT2D eigenvalue weighted by molar-refractivity contribution is 4.91. The number of alkyl halides is 9. The Labute approximate surface area is 292 Å². The molecule has 0 radical (unpaired) electrons. The van der Waals surface area contributed by atoms with Gasteiger partial charge in [-0.05, 0) is 57.3 Å². The van der Waals surface area contributed by atoms with Crippen LogP contribution < -0.4 is 0 Å². The van der Waals surface area contributed by atoms with Crippen LogP contribution in [-0.4, -0.2) is 50.6 Å². The van der Waals surface area contributed by atoms with Crippen molar-refractivity contribution in [2.24, 2.45) is 17.8 Å². The maximum absolute atomic E-state index is 12.3. The van der Waals surface area contributed by atoms with Crippen LogP contribution in [0.4, 0.5) is 39.5 Å². The first-order valence-corrected chi connectivity index (χ1v) is 18.3. The Morgan fingerprint density at radius 3 is 1.35 bits per heavy atom. The number of hydrogen-bond donors (Lipinski definition) is 0. The molecule has 0 saturated carbocycles. The Morgan fingerprint density at radius 2 is 0.939 bits per heavy atom. The number of unbranched alkanes of at least 4 members (excludes halogenated alkanes) is 8. The normalized spacial score (nSPS) is 14.1. The van der Waals surface area contributed by atoms with Gasteiger partial charge in [0.2, 0.25) is 0 Å². The first kappa shape index (κ1) is 52.2. The monoisotopic (exact) mass is 733 g/mol. The zero-order chi connectivity index (χ0) is 38.5. The maximum atomic E-state index is 12.3. The third-order valence-electron chi connectivity index (χ3n) is 7.73. The Hall–Kier alpha value is -1.17. The summed E-state index contributed by atoms with van der Waals surface area (Å²) in [6.07, 6.45) is 0.203. The molecule has 12 heteroatoms. The molecule has 3 nitrogen and oxygen atoms in total. The predicted octanol–water partition coefficient (Wildman–Crippen LogP) is 14.2. The highest BCUT2D eigenvalue weighted by Crippen LogP contribution is 2.26. The van der Waals surface area contributed by atoms with Crippen molar-refractivity contribution in [3.8, 4) is 0 Å². The van der Waals surface area contributed by atoms with Gasteiger partial charge in [-0.3, -0.25) is 0 Å². The summed E-state index contributed by atoms with van der Waals surface area (Å²) in [5.74, 6) is 0.591. The molecule has 0 aliphatic carbocycles. The summed E-state index contributed by atoms with van der Waals surface area (Å²) in [4.78, 5) is 0. The van der Waals surface area contributed by atoms with E-state index in [4.69, 9.17) is 9.47 Å². The zero-order valence-electron chi connectivity index (χ0n) is 31.7. The van der Waals surface area contributed by atoms with Crippen molar-refractivity contribution < 1.29 is 53.7 Å². The topological polar surface area (TPSA) is 27.7 Å². The second-order valence-electron chi connectivity index (χ2n) is 13.7. The summed E-state index contributed by atoms with van der Waals surface area (Å²) in [7, 11) is 0. The van der Waals surface area contributed by atoms with Gasteiger partial charge >= 0.3 is 18.5 Å². The van der Waals surface area contributed by atoms with E-state index in [1.165, 1.54) is 12.8 Å². The smallest absolute Gasteiger partial charge is 0.448 e. The van der Waals surface area contributed by atoms with Gasteiger partial charge in [0.15, 0.2) is 18.0 Å². The largest absolute Gasteiger partial charge is 0.489 e. The fourth-order valence-corrected chi connectivity index (χ4v) is 4.43. The van der Waals surface area contributed by atoms with Gasteiger partial charge in [0.1, 0.15) is 0 Å². The zero-order valence-corrected chi connectivity index (χ0v) is 31.7. The minimum Gasteiger partial charge on any atom is -0.489 e. The minimum atomic E-state index is -4.42. The molecule has 0 bridgehead atoms. The van der Waals surface area contributed by atoms with E-state index < -0.39 is 36.5 Å². The van der Waals surface area contributed by atoms with Gasteiger partial charge in [0, 0.05) is 6.61 Å². The van der Waals surface area contributed by atoms with E-state index in [0.717, 1.165) is 97.3 Å². The molecular formula is C37H69F9O3. The molecule has 49 heavy (non-hydrogen) atoms. The molecule has 0 N–H and O–H groups in total. The molecule has 0 fully saturated rings. The lowest BCUT2D eigenvalue weighted by atomic mass is 9.97. The third-order valence-corrected chi connectivity index (χ3v) is 7.73. The van der Waals surface area contributed by atoms with E-state index in [1.54, 1.807) is 0 Å². The van der Waals surface area contributed by atoms with Crippen molar-refractivity contribution >= 4 is 0 Å². The molecule has 0 saturated heterocycles. The van der Waals surface area contributed by atoms with Gasteiger partial charge in [-0.25, -0.2) is 0 Å². The molecule has 0 aliphatic rings. The van der Waals surface area contributed by atoms with E-state index in [1.807, 2.05) is 0 Å². The summed E-state index contributed by atoms with van der Waals surface area (Å²) in [6.45, 7) is 18.4. The summed E-state index contributed by atoms with van der Waals surface area (Å²) >= 11 is 0. The van der Waals surface area contributed by atoms with Gasteiger partial charge in [-0.1, -0.05) is 125 Å². The van der Waals surface area contributed by atoms with Crippen molar-refractivity contribution in [2.45, 2.75) is 189 Å². The van der Waals surface area contributed by atoms with Crippen LogP contribution >= 0.6 is 0 Å². The summed E-state index contributed by atoms with van der Waals surface area (Å²) < 4.78 is 123. The lowest BCUT2D eigenvalue weighted by Gasteiger charge is -2.21. The number of rotatable bonds is 25. The quantitative estimate of drug-likeness (QED) is 0.0531. The van der Waals surface area contributed by atoms with Crippen LogP contribution in [0.3, 0.4) is 0 Å². The second kappa shape index (κ2) is 30.5. The van der Waals surface area contributed by atoms with Gasteiger partial charge in [-0.15, -0.1) is 0 Å². The third kappa shape index (κ3) is 37.9. The molecule has 0 aromatic rings. The van der Waals surface area contributed by atoms with Crippen molar-refractivity contribution in [1.82, 2.24) is 0 Å². The molecule has 0 heterocycles. The SMILES string of the molecule is C=C(OCCCCCCC(C)C)C(F)(F)F.CC(C)CCCCCCOC(C)C(F)(F)F.CCCCCC(CCC)COC(C)C(F)(F)F. The van der Waals surface area contributed by atoms with E-state index in [-0.39, 0.29) is 25.7 Å². The first-order valence-electron chi connectivity index (χ1n) is 18.3. The van der Waals surface area contributed by atoms with Gasteiger partial charge < -0.3 is 14.2 Å². The molecule has 3 atom stereocenters. The van der Waals surface area contributed by atoms with E-state index in [9.17, 15) is 39.5 Å². The van der Waals surface area contributed by atoms with Gasteiger partial charge in [0.05, 0.1) is 13.2 Å². The number of ether oxygens (including phenoxy) is 3. The molecule has 0 aliphatic heterocycles. The van der Waals surface area contributed by atoms with Crippen molar-refractivity contribution in [1.29, 1.82) is 0 Å². The van der Waals surface area contributed by atoms with Gasteiger partial charge in [-0.2, -0.15) is 39.5 Å². The number of hydrogen-bond acceptors (Lipinski definition) is 3. The fraction of sp³-hybridized carbons (Fsp3) is 0.946. The number of allylic oxidation sites excluding steroid dienone is 1. The van der Waals surface area contributed by atoms with Gasteiger partial charge in [0.25, 0.3) is 0 Å². The Balaban J connectivity index is -0.000000648. The first-order chi connectivity index (χ1) is 22.6. The van der Waals surface area contributed by atoms with Crippen LogP contribution in [0.15, 0.2) is 12.3 Å². The highest BCUT2D eigenvalue weighted by Gasteiger charge is 2.37. The second-order valence-corrected chi connectivity index (χ2v) is 13.7. The van der Waals surface area contributed by atoms with Crippen LogP contribution in [-0.2, 0) is 14.2 Å². The van der Waals surface area contributed by atoms with E-state index in [0.29, 0.717) is 18.3 Å². The van der Waals surface area contributed by atoms with Crippen LogP contribution in [0.2, 0.25) is 0 Å². The highest BCUT2D eigenvalue weighted by atomic mass is 19.4. The summed E-state index contributed by atoms with van der Waals surface area (Å²) in [5, 5.41) is 0. The van der Waals surface area contributed by atoms with Crippen molar-refractivity contribution in [3.05, 3.63) is 12.3 Å². The van der Waals surface area contributed by atoms with Crippen LogP contribution in [0, 0.1) is 17.8 Å². The van der Waals surface area contributed by atoms with Crippen LogP contribution in [0.1, 0.15) is 158 Å². The van der Waals surface area contributed by atoms with Crippen LogP contribution in [0.25, 0.3) is 0 Å². The average molecular weight is 733 g/mol. The lowest BCUT2D eigenvalue weighted by molar-refractivity contribution is -0.217. The maximum Gasteiger partial charge on any atom is 0.448 e. The van der Waals surface area contributed by atoms with Crippen molar-refractivity contribution in [3.63, 3.8) is 0 Å². The average Bonchev–Trinajstić information content (AvgIpc) is 2.97. The molecule has 0 spiro atoms. The fourth-order valence-electron chi connectivity index (χ4n) is 4.43. The standard InChI is InChI=1S/C13H25F3O.C12H23F3O.C12H21F3O/c1-4-6-7-9-12(8-5-2)10-17-11(3)13(14,15)16;2*1-10(2)8-6-4-5-7-9-16-11(3)12(13,14)15/h11-12H,4-10H2,1-3H3;10-11H,4-9H2,1-3H3;10H,3-9H2,1-2H3. The molecule has 0 aromatic heterocycles. The van der Waals surface area contributed by atoms with Crippen molar-refractivity contribution in [2.75, 3.05) is 19.8 Å². The Kier molecular flexibility index (Phi) is 32.4. The van der Waals surface area contributed by atoms with E-state index in [2.05, 4.69) is 52.9 Å². The molecule has 3 unspecified atom stereocenters. The summed E-state index contributed by atoms with van der Waals surface area (Å²) in [5.41, 5.74) is 0. The number of halogens is 9. The Morgan fingerprint density at radius 1 is 0.510 bits per heavy atom. The molecule has 0 aromatic carbocycles. The molecule has 0 rings (SSSR count). The summed E-state index contributed by atoms with van der Waals surface area (Å²) in [6, 6.07) is 0. The minimum absolute atomic E-state index is 0.111. The Bertz CT molecular complexity index is 736. The van der Waals surface area contributed by atoms with Crippen LogP contribution in [0.5, 0.6) is 0 Å². The van der Waals surface area contributed by atoms with E-state index >= 15 is 0 Å².